The molecule has 0 aliphatic carbocycles. The van der Waals surface area contributed by atoms with Crippen LogP contribution in [0.2, 0.25) is 0 Å². The van der Waals surface area contributed by atoms with E-state index < -0.39 is 18.3 Å². The molecule has 6 aromatic carbocycles. The molecule has 0 radical (unpaired) electrons. The van der Waals surface area contributed by atoms with Crippen LogP contribution in [0.3, 0.4) is 0 Å². The number of nitrogens with zero attached hydrogens (tertiary/aromatic N) is 2. The second-order valence-electron chi connectivity index (χ2n) is 22.0. The molecule has 0 spiro atoms. The van der Waals surface area contributed by atoms with Crippen molar-refractivity contribution in [1.82, 2.24) is 0 Å². The van der Waals surface area contributed by atoms with Crippen molar-refractivity contribution in [3.8, 4) is 23.0 Å². The monoisotopic (exact) mass is 1080 g/mol. The number of anilines is 2. The minimum Gasteiger partial charge on any atom is -0.491 e. The number of esters is 2. The van der Waals surface area contributed by atoms with Crippen LogP contribution in [0.4, 0.5) is 11.4 Å². The Hall–Kier alpha value is -7.06. The van der Waals surface area contributed by atoms with E-state index in [0.29, 0.717) is 55.4 Å². The van der Waals surface area contributed by atoms with Gasteiger partial charge in [-0.15, -0.1) is 0 Å². The lowest BCUT2D eigenvalue weighted by Crippen LogP contribution is -2.33. The van der Waals surface area contributed by atoms with Crippen LogP contribution in [0.15, 0.2) is 146 Å². The minimum atomic E-state index is -0.850. The molecule has 13 heteroatoms. The average molecular weight is 1080 g/mol. The number of carbonyl (C=O) groups excluding carboxylic acids is 2. The van der Waals surface area contributed by atoms with E-state index in [-0.39, 0.29) is 67.1 Å². The molecule has 0 aliphatic rings. The largest absolute Gasteiger partial charge is 0.491 e. The number of benzene rings is 6. The predicted molar refractivity (Wildman–Crippen MR) is 313 cm³/mol. The quantitative estimate of drug-likeness (QED) is 0.0367. The highest BCUT2D eigenvalue weighted by molar-refractivity contribution is 5.73. The van der Waals surface area contributed by atoms with Crippen molar-refractivity contribution in [1.29, 1.82) is 0 Å². The molecule has 0 saturated carbocycles. The maximum absolute atomic E-state index is 13.1. The van der Waals surface area contributed by atoms with Crippen molar-refractivity contribution >= 4 is 23.3 Å². The third kappa shape index (κ3) is 18.0. The van der Waals surface area contributed by atoms with E-state index in [0.717, 1.165) is 44.8 Å². The first-order chi connectivity index (χ1) is 37.6. The summed E-state index contributed by atoms with van der Waals surface area (Å²) in [5, 5.41) is 31.3. The van der Waals surface area contributed by atoms with Crippen LogP contribution < -0.4 is 28.7 Å². The van der Waals surface area contributed by atoms with Gasteiger partial charge >= 0.3 is 11.9 Å². The van der Waals surface area contributed by atoms with Gasteiger partial charge in [-0.25, -0.2) is 0 Å². The van der Waals surface area contributed by atoms with E-state index in [9.17, 15) is 24.9 Å². The van der Waals surface area contributed by atoms with Crippen LogP contribution >= 0.6 is 0 Å². The summed E-state index contributed by atoms with van der Waals surface area (Å²) in [6.07, 6.45) is -0.573. The van der Waals surface area contributed by atoms with Gasteiger partial charge in [-0.1, -0.05) is 121 Å². The molecule has 0 heterocycles. The topological polar surface area (TPSA) is 157 Å². The first-order valence-electron chi connectivity index (χ1n) is 27.5. The number of methoxy groups -OCH3 is 1. The van der Waals surface area contributed by atoms with E-state index in [4.69, 9.17) is 28.4 Å². The number of aliphatic hydroxyl groups excluding tert-OH is 3. The fourth-order valence-electron chi connectivity index (χ4n) is 9.36. The summed E-state index contributed by atoms with van der Waals surface area (Å²) >= 11 is 0. The predicted octanol–water partition coefficient (Wildman–Crippen LogP) is 10.8. The molecular weight excluding hydrogens is 997 g/mol. The Morgan fingerprint density at radius 1 is 0.468 bits per heavy atom. The third-order valence-electron chi connectivity index (χ3n) is 14.7. The SMILES string of the molecule is CCC(COc1ccc(C(C)(C)c2ccc(OCC(O)COc3ccc(C(C)(C)c4ccc(OCC(O)CN(C)c5ccc(CC(C)C(=O)OC)cc5)cc4)cc3)cc2)cc1)OC(=O)C(C)Cc1ccc(N(C)CC(C)O)cc1. The summed E-state index contributed by atoms with van der Waals surface area (Å²) in [5.41, 5.74) is 7.80. The summed E-state index contributed by atoms with van der Waals surface area (Å²) in [5.74, 6) is 1.64. The lowest BCUT2D eigenvalue weighted by molar-refractivity contribution is -0.155. The number of likely N-dealkylation sites (N-methyl/N-ethyl adjacent to an activating group) is 2. The van der Waals surface area contributed by atoms with Crippen LogP contribution in [-0.2, 0) is 42.7 Å². The van der Waals surface area contributed by atoms with Gasteiger partial charge in [0.1, 0.15) is 67.7 Å². The van der Waals surface area contributed by atoms with Gasteiger partial charge in [-0.05, 0) is 132 Å². The maximum Gasteiger partial charge on any atom is 0.309 e. The normalized spacial score (nSPS) is 13.9. The lowest BCUT2D eigenvalue weighted by Gasteiger charge is -2.27. The first kappa shape index (κ1) is 61.2. The Kier molecular flexibility index (Phi) is 22.2. The molecule has 13 nitrogen and oxygen atoms in total. The van der Waals surface area contributed by atoms with Crippen LogP contribution in [0.25, 0.3) is 0 Å². The molecule has 6 atom stereocenters. The van der Waals surface area contributed by atoms with Crippen molar-refractivity contribution in [2.75, 3.05) is 70.5 Å². The van der Waals surface area contributed by atoms with Crippen LogP contribution in [0.5, 0.6) is 23.0 Å². The minimum absolute atomic E-state index is 0.0667. The Morgan fingerprint density at radius 3 is 1.14 bits per heavy atom. The highest BCUT2D eigenvalue weighted by Crippen LogP contribution is 2.35. The van der Waals surface area contributed by atoms with Gasteiger partial charge in [-0.2, -0.15) is 0 Å². The highest BCUT2D eigenvalue weighted by Gasteiger charge is 2.26. The molecule has 424 valence electrons. The van der Waals surface area contributed by atoms with Crippen molar-refractivity contribution in [2.45, 2.75) is 110 Å². The molecule has 0 amide bonds. The lowest BCUT2D eigenvalue weighted by atomic mass is 9.78. The average Bonchev–Trinajstić information content (AvgIpc) is 3.50. The summed E-state index contributed by atoms with van der Waals surface area (Å²) < 4.78 is 34.7. The third-order valence-corrected chi connectivity index (χ3v) is 14.7. The number of hydrogen-bond acceptors (Lipinski definition) is 13. The molecule has 0 saturated heterocycles. The van der Waals surface area contributed by atoms with Gasteiger partial charge in [0, 0.05) is 49.4 Å². The summed E-state index contributed by atoms with van der Waals surface area (Å²) in [7, 11) is 5.27. The fourth-order valence-corrected chi connectivity index (χ4v) is 9.36. The zero-order valence-electron chi connectivity index (χ0n) is 48.2. The van der Waals surface area contributed by atoms with Gasteiger partial charge in [0.2, 0.25) is 0 Å². The summed E-state index contributed by atoms with van der Waals surface area (Å²) in [4.78, 5) is 28.8. The zero-order valence-corrected chi connectivity index (χ0v) is 48.2. The van der Waals surface area contributed by atoms with E-state index >= 15 is 0 Å². The number of ether oxygens (including phenoxy) is 6. The number of rotatable bonds is 30. The number of carbonyl (C=O) groups is 2. The molecule has 6 rings (SSSR count). The van der Waals surface area contributed by atoms with Crippen LogP contribution in [0.1, 0.15) is 95.2 Å². The van der Waals surface area contributed by atoms with Gasteiger partial charge in [0.05, 0.1) is 25.0 Å². The molecule has 0 aliphatic heterocycles. The molecule has 0 aromatic heterocycles. The molecule has 79 heavy (non-hydrogen) atoms. The number of hydrogen-bond donors (Lipinski definition) is 3. The summed E-state index contributed by atoms with van der Waals surface area (Å²) in [6.45, 7) is 17.6. The molecule has 6 aromatic rings. The van der Waals surface area contributed by atoms with E-state index in [2.05, 4.69) is 39.8 Å². The van der Waals surface area contributed by atoms with Crippen LogP contribution in [-0.4, -0.2) is 112 Å². The van der Waals surface area contributed by atoms with E-state index in [1.54, 1.807) is 6.92 Å². The van der Waals surface area contributed by atoms with E-state index in [1.807, 2.05) is 178 Å². The Labute approximate surface area is 469 Å². The smallest absolute Gasteiger partial charge is 0.309 e. The van der Waals surface area contributed by atoms with Gasteiger partial charge in [-0.3, -0.25) is 9.59 Å². The Morgan fingerprint density at radius 2 is 0.797 bits per heavy atom. The van der Waals surface area contributed by atoms with Crippen molar-refractivity contribution in [2.24, 2.45) is 11.8 Å². The molecule has 0 fully saturated rings. The van der Waals surface area contributed by atoms with Crippen molar-refractivity contribution in [3.05, 3.63) is 179 Å². The fraction of sp³-hybridized carbons (Fsp3) is 0.424. The van der Waals surface area contributed by atoms with Gasteiger partial charge in [0.15, 0.2) is 0 Å². The molecule has 6 unspecified atom stereocenters. The van der Waals surface area contributed by atoms with Crippen molar-refractivity contribution in [3.63, 3.8) is 0 Å². The van der Waals surface area contributed by atoms with Gasteiger partial charge in [0.25, 0.3) is 0 Å². The zero-order chi connectivity index (χ0) is 57.3. The first-order valence-corrected chi connectivity index (χ1v) is 27.5. The molecular formula is C66H84N2O11. The second-order valence-corrected chi connectivity index (χ2v) is 22.0. The maximum atomic E-state index is 13.1. The van der Waals surface area contributed by atoms with E-state index in [1.165, 1.54) is 7.11 Å². The van der Waals surface area contributed by atoms with Crippen LogP contribution in [0, 0.1) is 11.8 Å². The van der Waals surface area contributed by atoms with Crippen molar-refractivity contribution < 1.29 is 53.3 Å². The standard InChI is InChI=1S/C66H84N2O11/c1-12-58(79-64(73)46(3)38-49-13-25-54(26-14-49)67(9)39-47(4)69)44-78-62-35-23-53(24-36-62)66(7,8)52-21-33-61(34-22-52)77-43-57(71)42-76-60-31-19-51(20-32-60)65(5,6)50-17-29-59(30-18-50)75-41-56(70)40-68(10)55-27-15-48(16-28-55)37-45(2)63(72)74-11/h13-36,45-47,56-58,69-71H,12,37-44H2,1-11H3. The molecule has 0 bridgehead atoms. The summed E-state index contributed by atoms with van der Waals surface area (Å²) in [6, 6.07) is 47.7. The Bertz CT molecular complexity index is 2780. The highest BCUT2D eigenvalue weighted by atomic mass is 16.6. The second kappa shape index (κ2) is 28.7. The number of aliphatic hydroxyl groups is 3. The molecule has 3 N–H and O–H groups in total. The van der Waals surface area contributed by atoms with Gasteiger partial charge < -0.3 is 53.5 Å². The Balaban J connectivity index is 0.888.